The molecule has 1 aromatic rings. The van der Waals surface area contributed by atoms with Crippen LogP contribution in [0.3, 0.4) is 0 Å². The average molecular weight is 238 g/mol. The highest BCUT2D eigenvalue weighted by Crippen LogP contribution is 2.24. The molecule has 0 aliphatic heterocycles. The number of hydrogen-bond acceptors (Lipinski definition) is 2. The van der Waals surface area contributed by atoms with Crippen molar-refractivity contribution in [3.63, 3.8) is 0 Å². The minimum absolute atomic E-state index is 0.0961. The number of halogens is 2. The van der Waals surface area contributed by atoms with E-state index in [9.17, 15) is 12.8 Å². The van der Waals surface area contributed by atoms with Gasteiger partial charge in [-0.05, 0) is 31.7 Å². The van der Waals surface area contributed by atoms with Crippen LogP contribution in [0.15, 0.2) is 17.0 Å². The maximum absolute atomic E-state index is 12.9. The lowest BCUT2D eigenvalue weighted by molar-refractivity contribution is 0.583. The molecule has 6 heteroatoms. The van der Waals surface area contributed by atoms with Crippen LogP contribution in [0.2, 0.25) is 5.02 Å². The predicted molar refractivity (Wildman–Crippen MR) is 52.4 cm³/mol. The number of benzene rings is 1. The molecule has 0 spiro atoms. The molecule has 78 valence electrons. The van der Waals surface area contributed by atoms with Crippen molar-refractivity contribution in [2.24, 2.45) is 0 Å². The zero-order chi connectivity index (χ0) is 10.9. The number of nitrogens with one attached hydrogen (secondary N) is 1. The van der Waals surface area contributed by atoms with Crippen LogP contribution < -0.4 is 4.72 Å². The summed E-state index contributed by atoms with van der Waals surface area (Å²) < 4.78 is 37.8. The molecule has 3 nitrogen and oxygen atoms in total. The molecule has 1 aromatic carbocycles. The van der Waals surface area contributed by atoms with Gasteiger partial charge < -0.3 is 0 Å². The summed E-state index contributed by atoms with van der Waals surface area (Å²) in [7, 11) is -2.39. The van der Waals surface area contributed by atoms with Crippen molar-refractivity contribution in [2.75, 3.05) is 7.05 Å². The van der Waals surface area contributed by atoms with Gasteiger partial charge in [-0.3, -0.25) is 0 Å². The maximum atomic E-state index is 12.9. The summed E-state index contributed by atoms with van der Waals surface area (Å²) in [4.78, 5) is -0.134. The van der Waals surface area contributed by atoms with E-state index in [1.165, 1.54) is 14.0 Å². The van der Waals surface area contributed by atoms with Crippen LogP contribution in [0.25, 0.3) is 0 Å². The quantitative estimate of drug-likeness (QED) is 0.851. The molecule has 0 saturated heterocycles. The van der Waals surface area contributed by atoms with Crippen LogP contribution in [0.4, 0.5) is 4.39 Å². The Balaban J connectivity index is 3.50. The van der Waals surface area contributed by atoms with E-state index in [4.69, 9.17) is 11.6 Å². The van der Waals surface area contributed by atoms with Crippen LogP contribution in [-0.4, -0.2) is 15.5 Å². The number of hydrogen-bond donors (Lipinski definition) is 1. The van der Waals surface area contributed by atoms with E-state index in [0.29, 0.717) is 5.56 Å². The Hall–Kier alpha value is -0.650. The van der Waals surface area contributed by atoms with Crippen LogP contribution in [-0.2, 0) is 10.0 Å². The highest BCUT2D eigenvalue weighted by Gasteiger charge is 2.17. The lowest BCUT2D eigenvalue weighted by Gasteiger charge is -2.07. The van der Waals surface area contributed by atoms with Crippen LogP contribution in [0.5, 0.6) is 0 Å². The Morgan fingerprint density at radius 2 is 2.00 bits per heavy atom. The van der Waals surface area contributed by atoms with Gasteiger partial charge in [0.2, 0.25) is 10.0 Å². The van der Waals surface area contributed by atoms with Gasteiger partial charge in [0.25, 0.3) is 0 Å². The first-order valence-corrected chi connectivity index (χ1v) is 5.64. The van der Waals surface area contributed by atoms with Crippen molar-refractivity contribution in [2.45, 2.75) is 11.8 Å². The Bertz CT molecular complexity index is 459. The molecule has 0 unspecified atom stereocenters. The van der Waals surface area contributed by atoms with Gasteiger partial charge in [-0.2, -0.15) is 0 Å². The summed E-state index contributed by atoms with van der Waals surface area (Å²) in [5, 5.41) is 0.0961. The second-order valence-corrected chi connectivity index (χ2v) is 4.98. The van der Waals surface area contributed by atoms with E-state index in [1.54, 1.807) is 0 Å². The zero-order valence-electron chi connectivity index (χ0n) is 7.64. The largest absolute Gasteiger partial charge is 0.240 e. The number of sulfonamides is 1. The van der Waals surface area contributed by atoms with Crippen molar-refractivity contribution in [3.8, 4) is 0 Å². The predicted octanol–water partition coefficient (Wildman–Crippen LogP) is 1.70. The standard InChI is InChI=1S/C8H9ClFNO2S/c1-5-7(9)3-6(10)4-8(5)14(12,13)11-2/h3-4,11H,1-2H3. The van der Waals surface area contributed by atoms with E-state index < -0.39 is 15.8 Å². The van der Waals surface area contributed by atoms with Gasteiger partial charge in [-0.1, -0.05) is 11.6 Å². The molecular formula is C8H9ClFNO2S. The fourth-order valence-electron chi connectivity index (χ4n) is 1.01. The third kappa shape index (κ3) is 2.05. The monoisotopic (exact) mass is 237 g/mol. The van der Waals surface area contributed by atoms with Crippen molar-refractivity contribution < 1.29 is 12.8 Å². The molecule has 0 radical (unpaired) electrons. The van der Waals surface area contributed by atoms with Crippen molar-refractivity contribution in [1.29, 1.82) is 0 Å². The van der Waals surface area contributed by atoms with Gasteiger partial charge >= 0.3 is 0 Å². The molecular weight excluding hydrogens is 229 g/mol. The van der Waals surface area contributed by atoms with Crippen LogP contribution in [0, 0.1) is 12.7 Å². The van der Waals surface area contributed by atoms with Gasteiger partial charge in [0.05, 0.1) is 4.90 Å². The molecule has 14 heavy (non-hydrogen) atoms. The minimum Gasteiger partial charge on any atom is -0.214 e. The molecule has 0 amide bonds. The summed E-state index contributed by atoms with van der Waals surface area (Å²) in [6, 6.07) is 2.01. The fourth-order valence-corrected chi connectivity index (χ4v) is 2.27. The third-order valence-corrected chi connectivity index (χ3v) is 3.75. The molecule has 0 aliphatic carbocycles. The Kier molecular flexibility index (Phi) is 3.14. The summed E-state index contributed by atoms with van der Waals surface area (Å²) in [5.74, 6) is -0.672. The topological polar surface area (TPSA) is 46.2 Å². The number of rotatable bonds is 2. The maximum Gasteiger partial charge on any atom is 0.240 e. The van der Waals surface area contributed by atoms with Crippen molar-refractivity contribution in [3.05, 3.63) is 28.5 Å². The van der Waals surface area contributed by atoms with E-state index in [1.807, 2.05) is 0 Å². The van der Waals surface area contributed by atoms with Crippen molar-refractivity contribution in [1.82, 2.24) is 4.72 Å². The summed E-state index contributed by atoms with van der Waals surface area (Å²) >= 11 is 5.65. The highest BCUT2D eigenvalue weighted by atomic mass is 35.5. The first kappa shape index (κ1) is 11.4. The van der Waals surface area contributed by atoms with Crippen molar-refractivity contribution >= 4 is 21.6 Å². The highest BCUT2D eigenvalue weighted by molar-refractivity contribution is 7.89. The first-order chi connectivity index (χ1) is 6.38. The minimum atomic E-state index is -3.65. The van der Waals surface area contributed by atoms with E-state index in [2.05, 4.69) is 4.72 Å². The van der Waals surface area contributed by atoms with Crippen LogP contribution >= 0.6 is 11.6 Å². The fraction of sp³-hybridized carbons (Fsp3) is 0.250. The van der Waals surface area contributed by atoms with E-state index in [0.717, 1.165) is 12.1 Å². The molecule has 0 saturated carbocycles. The second kappa shape index (κ2) is 3.84. The molecule has 0 fully saturated rings. The Morgan fingerprint density at radius 3 is 2.50 bits per heavy atom. The smallest absolute Gasteiger partial charge is 0.214 e. The summed E-state index contributed by atoms with van der Waals surface area (Å²) in [6.07, 6.45) is 0. The average Bonchev–Trinajstić information content (AvgIpc) is 2.11. The van der Waals surface area contributed by atoms with Gasteiger partial charge in [0, 0.05) is 5.02 Å². The van der Waals surface area contributed by atoms with E-state index in [-0.39, 0.29) is 9.92 Å². The normalized spacial score (nSPS) is 11.7. The molecule has 0 heterocycles. The lowest BCUT2D eigenvalue weighted by atomic mass is 10.2. The zero-order valence-corrected chi connectivity index (χ0v) is 9.21. The van der Waals surface area contributed by atoms with Gasteiger partial charge in [0.1, 0.15) is 5.82 Å². The molecule has 0 aliphatic rings. The molecule has 0 atom stereocenters. The first-order valence-electron chi connectivity index (χ1n) is 3.77. The van der Waals surface area contributed by atoms with Gasteiger partial charge in [-0.25, -0.2) is 17.5 Å². The Morgan fingerprint density at radius 1 is 1.43 bits per heavy atom. The van der Waals surface area contributed by atoms with Gasteiger partial charge in [0.15, 0.2) is 0 Å². The summed E-state index contributed by atoms with van der Waals surface area (Å²) in [5.41, 5.74) is 0.336. The Labute approximate surface area is 86.9 Å². The SMILES string of the molecule is CNS(=O)(=O)c1cc(F)cc(Cl)c1C. The second-order valence-electron chi connectivity index (χ2n) is 2.72. The van der Waals surface area contributed by atoms with Crippen LogP contribution in [0.1, 0.15) is 5.56 Å². The summed E-state index contributed by atoms with van der Waals surface area (Å²) in [6.45, 7) is 1.52. The molecule has 0 aromatic heterocycles. The third-order valence-electron chi connectivity index (χ3n) is 1.82. The molecule has 0 bridgehead atoms. The van der Waals surface area contributed by atoms with Gasteiger partial charge in [-0.15, -0.1) is 0 Å². The van der Waals surface area contributed by atoms with E-state index >= 15 is 0 Å². The lowest BCUT2D eigenvalue weighted by Crippen LogP contribution is -2.19. The molecule has 1 N–H and O–H groups in total. The molecule has 1 rings (SSSR count).